The number of hydrogen-bond acceptors (Lipinski definition) is 3. The Kier molecular flexibility index (Phi) is 4.89. The Morgan fingerprint density at radius 2 is 2.19 bits per heavy atom. The third-order valence-electron chi connectivity index (χ3n) is 3.49. The molecule has 1 fully saturated rings. The summed E-state index contributed by atoms with van der Waals surface area (Å²) in [5.74, 6) is 0.822. The molecule has 1 aliphatic carbocycles. The van der Waals surface area contributed by atoms with E-state index in [9.17, 15) is 0 Å². The maximum Gasteiger partial charge on any atom is 0.134 e. The van der Waals surface area contributed by atoms with Crippen LogP contribution in [0.15, 0.2) is 28.7 Å². The van der Waals surface area contributed by atoms with Crippen LogP contribution in [0.1, 0.15) is 28.2 Å². The van der Waals surface area contributed by atoms with Crippen LogP contribution in [0.4, 0.5) is 0 Å². The molecule has 112 valence electrons. The SMILES string of the molecule is Cc1sc(CNC2CC2)cc1COc1ccc(Cl)cc1Br. The Labute approximate surface area is 142 Å². The number of aryl methyl sites for hydroxylation is 1. The molecule has 0 amide bonds. The fraction of sp³-hybridized carbons (Fsp3) is 0.375. The summed E-state index contributed by atoms with van der Waals surface area (Å²) in [5.41, 5.74) is 1.26. The van der Waals surface area contributed by atoms with Crippen LogP contribution in [0.5, 0.6) is 5.75 Å². The molecule has 0 bridgehead atoms. The Morgan fingerprint density at radius 3 is 2.90 bits per heavy atom. The number of thiophene rings is 1. The van der Waals surface area contributed by atoms with Gasteiger partial charge in [-0.2, -0.15) is 0 Å². The summed E-state index contributed by atoms with van der Waals surface area (Å²) in [7, 11) is 0. The summed E-state index contributed by atoms with van der Waals surface area (Å²) in [5, 5.41) is 4.25. The highest BCUT2D eigenvalue weighted by Crippen LogP contribution is 2.30. The molecular formula is C16H17BrClNOS. The van der Waals surface area contributed by atoms with Crippen molar-refractivity contribution in [2.24, 2.45) is 0 Å². The third kappa shape index (κ3) is 4.22. The molecule has 1 heterocycles. The minimum Gasteiger partial charge on any atom is -0.488 e. The molecule has 1 N–H and O–H groups in total. The zero-order chi connectivity index (χ0) is 14.8. The summed E-state index contributed by atoms with van der Waals surface area (Å²) >= 11 is 11.3. The zero-order valence-electron chi connectivity index (χ0n) is 11.8. The van der Waals surface area contributed by atoms with Crippen molar-refractivity contribution < 1.29 is 4.74 Å². The second-order valence-corrected chi connectivity index (χ2v) is 7.94. The van der Waals surface area contributed by atoms with Gasteiger partial charge in [0.15, 0.2) is 0 Å². The third-order valence-corrected chi connectivity index (χ3v) is 5.44. The maximum atomic E-state index is 5.94. The highest BCUT2D eigenvalue weighted by molar-refractivity contribution is 9.10. The van der Waals surface area contributed by atoms with Crippen molar-refractivity contribution in [1.82, 2.24) is 5.32 Å². The van der Waals surface area contributed by atoms with Crippen LogP contribution < -0.4 is 10.1 Å². The normalized spacial score (nSPS) is 14.4. The molecule has 0 atom stereocenters. The number of rotatable bonds is 6. The highest BCUT2D eigenvalue weighted by Gasteiger charge is 2.20. The van der Waals surface area contributed by atoms with Crippen molar-refractivity contribution in [2.75, 3.05) is 0 Å². The monoisotopic (exact) mass is 385 g/mol. The van der Waals surface area contributed by atoms with Gasteiger partial charge in [-0.3, -0.25) is 0 Å². The minimum atomic E-state index is 0.589. The molecule has 1 aromatic carbocycles. The molecule has 0 saturated heterocycles. The van der Waals surface area contributed by atoms with Crippen LogP contribution in [0.25, 0.3) is 0 Å². The molecule has 0 spiro atoms. The van der Waals surface area contributed by atoms with Gasteiger partial charge in [-0.25, -0.2) is 0 Å². The topological polar surface area (TPSA) is 21.3 Å². The van der Waals surface area contributed by atoms with Crippen molar-refractivity contribution in [2.45, 2.75) is 39.0 Å². The number of halogens is 2. The Balaban J connectivity index is 1.61. The lowest BCUT2D eigenvalue weighted by Gasteiger charge is -2.08. The van der Waals surface area contributed by atoms with E-state index in [1.165, 1.54) is 28.2 Å². The number of nitrogens with one attached hydrogen (secondary N) is 1. The van der Waals surface area contributed by atoms with Gasteiger partial charge >= 0.3 is 0 Å². The second-order valence-electron chi connectivity index (χ2n) is 5.31. The lowest BCUT2D eigenvalue weighted by atomic mass is 10.2. The van der Waals surface area contributed by atoms with Crippen molar-refractivity contribution in [3.8, 4) is 5.75 Å². The van der Waals surface area contributed by atoms with E-state index in [0.29, 0.717) is 11.6 Å². The number of ether oxygens (including phenoxy) is 1. The summed E-state index contributed by atoms with van der Waals surface area (Å²) in [6.45, 7) is 3.72. The van der Waals surface area contributed by atoms with E-state index in [-0.39, 0.29) is 0 Å². The molecule has 3 rings (SSSR count). The molecule has 0 radical (unpaired) electrons. The Hall–Kier alpha value is -0.550. The first-order valence-corrected chi connectivity index (χ1v) is 9.00. The Bertz CT molecular complexity index is 639. The van der Waals surface area contributed by atoms with Gasteiger partial charge in [0.1, 0.15) is 12.4 Å². The van der Waals surface area contributed by atoms with Gasteiger partial charge in [0.2, 0.25) is 0 Å². The van der Waals surface area contributed by atoms with E-state index in [4.69, 9.17) is 16.3 Å². The molecule has 21 heavy (non-hydrogen) atoms. The maximum absolute atomic E-state index is 5.94. The lowest BCUT2D eigenvalue weighted by molar-refractivity contribution is 0.304. The van der Waals surface area contributed by atoms with Gasteiger partial charge in [0.25, 0.3) is 0 Å². The number of benzene rings is 1. The van der Waals surface area contributed by atoms with Crippen LogP contribution in [0.2, 0.25) is 5.02 Å². The molecule has 0 unspecified atom stereocenters. The standard InChI is InChI=1S/C16H17BrClNOS/c1-10-11(6-14(21-10)8-19-13-3-4-13)9-20-16-5-2-12(18)7-15(16)17/h2,5-7,13,19H,3-4,8-9H2,1H3. The molecule has 2 nitrogen and oxygen atoms in total. The fourth-order valence-corrected chi connectivity index (χ4v) is 3.89. The zero-order valence-corrected chi connectivity index (χ0v) is 14.9. The minimum absolute atomic E-state index is 0.589. The van der Waals surface area contributed by atoms with E-state index >= 15 is 0 Å². The van der Waals surface area contributed by atoms with Crippen LogP contribution >= 0.6 is 38.9 Å². The van der Waals surface area contributed by atoms with E-state index in [1.54, 1.807) is 0 Å². The quantitative estimate of drug-likeness (QED) is 0.727. The molecule has 1 aliphatic rings. The van der Waals surface area contributed by atoms with Crippen LogP contribution in [0, 0.1) is 6.92 Å². The van der Waals surface area contributed by atoms with Gasteiger partial charge in [-0.1, -0.05) is 11.6 Å². The first-order chi connectivity index (χ1) is 10.1. The van der Waals surface area contributed by atoms with Crippen LogP contribution in [-0.4, -0.2) is 6.04 Å². The molecule has 5 heteroatoms. The van der Waals surface area contributed by atoms with Gasteiger partial charge < -0.3 is 10.1 Å². The van der Waals surface area contributed by atoms with E-state index in [1.807, 2.05) is 29.5 Å². The average molecular weight is 387 g/mol. The predicted octanol–water partition coefficient (Wildman–Crippen LogP) is 5.30. The van der Waals surface area contributed by atoms with E-state index < -0.39 is 0 Å². The van der Waals surface area contributed by atoms with Crippen LogP contribution in [0.3, 0.4) is 0 Å². The smallest absolute Gasteiger partial charge is 0.134 e. The molecule has 1 aromatic heterocycles. The van der Waals surface area contributed by atoms with Gasteiger partial charge in [-0.05, 0) is 60.0 Å². The summed E-state index contributed by atoms with van der Waals surface area (Å²) < 4.78 is 6.78. The summed E-state index contributed by atoms with van der Waals surface area (Å²) in [6, 6.07) is 8.58. The molecule has 0 aliphatic heterocycles. The Morgan fingerprint density at radius 1 is 1.38 bits per heavy atom. The van der Waals surface area contributed by atoms with Gasteiger partial charge in [-0.15, -0.1) is 11.3 Å². The lowest BCUT2D eigenvalue weighted by Crippen LogP contribution is -2.14. The van der Waals surface area contributed by atoms with E-state index in [0.717, 1.165) is 22.8 Å². The predicted molar refractivity (Wildman–Crippen MR) is 92.4 cm³/mol. The summed E-state index contributed by atoms with van der Waals surface area (Å²) in [6.07, 6.45) is 2.65. The van der Waals surface area contributed by atoms with Crippen molar-refractivity contribution in [3.05, 3.63) is 49.1 Å². The highest BCUT2D eigenvalue weighted by atomic mass is 79.9. The van der Waals surface area contributed by atoms with Crippen LogP contribution in [-0.2, 0) is 13.2 Å². The van der Waals surface area contributed by atoms with E-state index in [2.05, 4.69) is 34.2 Å². The largest absolute Gasteiger partial charge is 0.488 e. The van der Waals surface area contributed by atoms with Gasteiger partial charge in [0.05, 0.1) is 4.47 Å². The average Bonchev–Trinajstić information content (AvgIpc) is 3.20. The molecule has 1 saturated carbocycles. The first-order valence-electron chi connectivity index (χ1n) is 7.01. The molecule has 2 aromatic rings. The fourth-order valence-electron chi connectivity index (χ4n) is 2.10. The van der Waals surface area contributed by atoms with Gasteiger partial charge in [0, 0.05) is 32.9 Å². The van der Waals surface area contributed by atoms with Crippen molar-refractivity contribution in [1.29, 1.82) is 0 Å². The summed E-state index contributed by atoms with van der Waals surface area (Å²) in [4.78, 5) is 2.71. The number of hydrogen-bond donors (Lipinski definition) is 1. The second kappa shape index (κ2) is 6.69. The van der Waals surface area contributed by atoms with Crippen molar-refractivity contribution >= 4 is 38.9 Å². The molecular weight excluding hydrogens is 370 g/mol. The van der Waals surface area contributed by atoms with Crippen molar-refractivity contribution in [3.63, 3.8) is 0 Å². The first kappa shape index (κ1) is 15.3.